The molecule has 0 atom stereocenters. The maximum atomic E-state index is 11.9. The third-order valence-electron chi connectivity index (χ3n) is 4.38. The number of carbonyl (C=O) groups is 2. The van der Waals surface area contributed by atoms with Gasteiger partial charge in [-0.25, -0.2) is 0 Å². The first kappa shape index (κ1) is 23.0. The zero-order valence-electron chi connectivity index (χ0n) is 17.3. The van der Waals surface area contributed by atoms with Gasteiger partial charge in [-0.1, -0.05) is 48.0 Å². The number of anilines is 1. The number of benzene rings is 2. The molecule has 5 nitrogen and oxygen atoms in total. The van der Waals surface area contributed by atoms with Gasteiger partial charge < -0.3 is 15.5 Å². The van der Waals surface area contributed by atoms with Crippen molar-refractivity contribution in [2.24, 2.45) is 0 Å². The largest absolute Gasteiger partial charge is 0.356 e. The highest BCUT2D eigenvalue weighted by molar-refractivity contribution is 7.99. The first-order chi connectivity index (χ1) is 14.0. The minimum Gasteiger partial charge on any atom is -0.356 e. The molecule has 0 spiro atoms. The van der Waals surface area contributed by atoms with Crippen LogP contribution in [-0.2, 0) is 16.1 Å². The Hall–Kier alpha value is -2.31. The van der Waals surface area contributed by atoms with E-state index in [1.807, 2.05) is 49.4 Å². The van der Waals surface area contributed by atoms with Crippen molar-refractivity contribution in [1.82, 2.24) is 10.2 Å². The molecule has 0 unspecified atom stereocenters. The summed E-state index contributed by atoms with van der Waals surface area (Å²) in [7, 11) is 2.09. The van der Waals surface area contributed by atoms with E-state index in [1.54, 1.807) is 0 Å². The lowest BCUT2D eigenvalue weighted by molar-refractivity contribution is -0.120. The van der Waals surface area contributed by atoms with Crippen LogP contribution in [0.15, 0.2) is 54.6 Å². The lowest BCUT2D eigenvalue weighted by Gasteiger charge is -2.16. The molecule has 2 rings (SSSR count). The second kappa shape index (κ2) is 13.0. The van der Waals surface area contributed by atoms with Gasteiger partial charge in [-0.05, 0) is 44.6 Å². The minimum absolute atomic E-state index is 0.0410. The van der Waals surface area contributed by atoms with Gasteiger partial charge in [-0.3, -0.25) is 9.59 Å². The summed E-state index contributed by atoms with van der Waals surface area (Å²) in [5.74, 6) is 0.995. The van der Waals surface area contributed by atoms with Crippen molar-refractivity contribution in [1.29, 1.82) is 0 Å². The highest BCUT2D eigenvalue weighted by atomic mass is 32.2. The molecule has 156 valence electrons. The number of hydrogen-bond donors (Lipinski definition) is 2. The topological polar surface area (TPSA) is 61.4 Å². The highest BCUT2D eigenvalue weighted by Gasteiger charge is 2.05. The van der Waals surface area contributed by atoms with E-state index in [0.29, 0.717) is 24.5 Å². The Balaban J connectivity index is 1.48. The fourth-order valence-electron chi connectivity index (χ4n) is 2.80. The van der Waals surface area contributed by atoms with Crippen molar-refractivity contribution in [2.45, 2.75) is 26.3 Å². The van der Waals surface area contributed by atoms with Crippen LogP contribution in [0.2, 0.25) is 0 Å². The summed E-state index contributed by atoms with van der Waals surface area (Å²) in [4.78, 5) is 26.1. The SMILES string of the molecule is Cc1ccc(NC(=O)CSCCC(=O)NCCCN(C)Cc2ccccc2)cc1. The second-order valence-electron chi connectivity index (χ2n) is 7.14. The fraction of sp³-hybridized carbons (Fsp3) is 0.391. The molecule has 0 aliphatic heterocycles. The Morgan fingerprint density at radius 1 is 1.00 bits per heavy atom. The standard InChI is InChI=1S/C23H31N3O2S/c1-19-9-11-21(12-10-19)25-23(28)18-29-16-13-22(27)24-14-6-15-26(2)17-20-7-4-3-5-8-20/h3-5,7-12H,6,13-18H2,1-2H3,(H,24,27)(H,25,28). The normalized spacial score (nSPS) is 10.7. The van der Waals surface area contributed by atoms with E-state index in [-0.39, 0.29) is 11.8 Å². The van der Waals surface area contributed by atoms with Crippen molar-refractivity contribution >= 4 is 29.3 Å². The van der Waals surface area contributed by atoms with Crippen LogP contribution >= 0.6 is 11.8 Å². The second-order valence-corrected chi connectivity index (χ2v) is 8.25. The molecule has 2 amide bonds. The zero-order valence-corrected chi connectivity index (χ0v) is 18.1. The molecule has 0 aromatic heterocycles. The predicted octanol–water partition coefficient (Wildman–Crippen LogP) is 3.70. The molecule has 0 aliphatic carbocycles. The van der Waals surface area contributed by atoms with Crippen LogP contribution < -0.4 is 10.6 Å². The van der Waals surface area contributed by atoms with Crippen LogP contribution in [0.1, 0.15) is 24.0 Å². The monoisotopic (exact) mass is 413 g/mol. The van der Waals surface area contributed by atoms with Crippen molar-refractivity contribution in [3.05, 3.63) is 65.7 Å². The van der Waals surface area contributed by atoms with Crippen molar-refractivity contribution in [3.8, 4) is 0 Å². The van der Waals surface area contributed by atoms with E-state index in [4.69, 9.17) is 0 Å². The first-order valence-electron chi connectivity index (χ1n) is 9.96. The third-order valence-corrected chi connectivity index (χ3v) is 5.34. The average Bonchev–Trinajstić information content (AvgIpc) is 2.71. The molecule has 0 aliphatic rings. The van der Waals surface area contributed by atoms with E-state index in [1.165, 1.54) is 17.3 Å². The molecular weight excluding hydrogens is 382 g/mol. The average molecular weight is 414 g/mol. The van der Waals surface area contributed by atoms with Gasteiger partial charge in [0.05, 0.1) is 5.75 Å². The Morgan fingerprint density at radius 2 is 1.72 bits per heavy atom. The molecule has 0 saturated carbocycles. The Morgan fingerprint density at radius 3 is 2.45 bits per heavy atom. The van der Waals surface area contributed by atoms with Gasteiger partial charge in [-0.2, -0.15) is 11.8 Å². The number of aryl methyl sites for hydroxylation is 1. The van der Waals surface area contributed by atoms with Gasteiger partial charge >= 0.3 is 0 Å². The fourth-order valence-corrected chi connectivity index (χ4v) is 3.53. The molecule has 29 heavy (non-hydrogen) atoms. The van der Waals surface area contributed by atoms with Gasteiger partial charge in [0.15, 0.2) is 0 Å². The van der Waals surface area contributed by atoms with Crippen LogP contribution in [0.4, 0.5) is 5.69 Å². The minimum atomic E-state index is -0.0410. The summed E-state index contributed by atoms with van der Waals surface area (Å²) in [5.41, 5.74) is 3.25. The van der Waals surface area contributed by atoms with E-state index < -0.39 is 0 Å². The van der Waals surface area contributed by atoms with Gasteiger partial charge in [0.2, 0.25) is 11.8 Å². The highest BCUT2D eigenvalue weighted by Crippen LogP contribution is 2.10. The molecule has 2 aromatic carbocycles. The van der Waals surface area contributed by atoms with Gasteiger partial charge in [-0.15, -0.1) is 0 Å². The predicted molar refractivity (Wildman–Crippen MR) is 122 cm³/mol. The van der Waals surface area contributed by atoms with Crippen LogP contribution in [-0.4, -0.2) is 48.4 Å². The number of thioether (sulfide) groups is 1. The van der Waals surface area contributed by atoms with Crippen molar-refractivity contribution in [2.75, 3.05) is 37.0 Å². The quantitative estimate of drug-likeness (QED) is 0.521. The van der Waals surface area contributed by atoms with E-state index in [0.717, 1.165) is 30.8 Å². The molecule has 0 fully saturated rings. The number of nitrogens with one attached hydrogen (secondary N) is 2. The summed E-state index contributed by atoms with van der Waals surface area (Å²) in [5, 5.41) is 5.82. The summed E-state index contributed by atoms with van der Waals surface area (Å²) in [6.07, 6.45) is 1.35. The van der Waals surface area contributed by atoms with Gasteiger partial charge in [0.1, 0.15) is 0 Å². The van der Waals surface area contributed by atoms with Crippen LogP contribution in [0.5, 0.6) is 0 Å². The molecule has 0 saturated heterocycles. The third kappa shape index (κ3) is 10.1. The maximum absolute atomic E-state index is 11.9. The molecule has 6 heteroatoms. The first-order valence-corrected chi connectivity index (χ1v) is 11.1. The number of carbonyl (C=O) groups excluding carboxylic acids is 2. The Labute approximate surface area is 178 Å². The lowest BCUT2D eigenvalue weighted by Crippen LogP contribution is -2.28. The molecular formula is C23H31N3O2S. The summed E-state index contributed by atoms with van der Waals surface area (Å²) in [6, 6.07) is 18.1. The van der Waals surface area contributed by atoms with Crippen LogP contribution in [0, 0.1) is 6.92 Å². The molecule has 2 N–H and O–H groups in total. The number of rotatable bonds is 12. The van der Waals surface area contributed by atoms with Crippen LogP contribution in [0.25, 0.3) is 0 Å². The molecule has 2 aromatic rings. The lowest BCUT2D eigenvalue weighted by atomic mass is 10.2. The Kier molecular flexibility index (Phi) is 10.3. The summed E-state index contributed by atoms with van der Waals surface area (Å²) >= 11 is 1.48. The summed E-state index contributed by atoms with van der Waals surface area (Å²) < 4.78 is 0. The number of nitrogens with zero attached hydrogens (tertiary/aromatic N) is 1. The van der Waals surface area contributed by atoms with Crippen LogP contribution in [0.3, 0.4) is 0 Å². The maximum Gasteiger partial charge on any atom is 0.234 e. The van der Waals surface area contributed by atoms with E-state index in [9.17, 15) is 9.59 Å². The van der Waals surface area contributed by atoms with Gasteiger partial charge in [0.25, 0.3) is 0 Å². The molecule has 0 bridgehead atoms. The Bertz CT molecular complexity index is 750. The van der Waals surface area contributed by atoms with Crippen molar-refractivity contribution in [3.63, 3.8) is 0 Å². The summed E-state index contributed by atoms with van der Waals surface area (Å²) in [6.45, 7) is 4.53. The van der Waals surface area contributed by atoms with Crippen molar-refractivity contribution < 1.29 is 9.59 Å². The molecule has 0 heterocycles. The number of amides is 2. The van der Waals surface area contributed by atoms with E-state index >= 15 is 0 Å². The zero-order chi connectivity index (χ0) is 20.9. The molecule has 0 radical (unpaired) electrons. The smallest absolute Gasteiger partial charge is 0.234 e. The number of hydrogen-bond acceptors (Lipinski definition) is 4. The van der Waals surface area contributed by atoms with E-state index in [2.05, 4.69) is 34.7 Å². The van der Waals surface area contributed by atoms with Gasteiger partial charge in [0, 0.05) is 31.0 Å².